The maximum atomic E-state index is 12.7. The molecule has 0 saturated heterocycles. The maximum Gasteiger partial charge on any atom is 0.416 e. The highest BCUT2D eigenvalue weighted by atomic mass is 32.1. The number of hydrogen-bond donors (Lipinski definition) is 2. The van der Waals surface area contributed by atoms with Gasteiger partial charge in [-0.2, -0.15) is 13.2 Å². The van der Waals surface area contributed by atoms with Crippen LogP contribution < -0.4 is 0 Å². The van der Waals surface area contributed by atoms with E-state index in [1.807, 2.05) is 0 Å². The lowest BCUT2D eigenvalue weighted by molar-refractivity contribution is -0.146. The summed E-state index contributed by atoms with van der Waals surface area (Å²) in [6, 6.07) is 7.06. The topological polar surface area (TPSA) is 83.8 Å². The molecule has 140 valence electrons. The molecule has 1 heterocycles. The third kappa shape index (κ3) is 5.38. The van der Waals surface area contributed by atoms with Gasteiger partial charge in [-0.3, -0.25) is 9.59 Å². The fourth-order valence-electron chi connectivity index (χ4n) is 2.01. The molecule has 0 spiro atoms. The average molecular weight is 388 g/mol. The molecule has 2 rings (SSSR count). The van der Waals surface area contributed by atoms with Gasteiger partial charge < -0.3 is 14.9 Å². The smallest absolute Gasteiger partial charge is 0.416 e. The van der Waals surface area contributed by atoms with Crippen molar-refractivity contribution in [1.29, 1.82) is 0 Å². The number of ether oxygens (including phenoxy) is 1. The van der Waals surface area contributed by atoms with Crippen LogP contribution in [0.15, 0.2) is 36.4 Å². The number of benzene rings is 1. The minimum absolute atomic E-state index is 0.0955. The van der Waals surface area contributed by atoms with Crippen LogP contribution in [-0.4, -0.2) is 41.3 Å². The molecule has 0 aliphatic rings. The van der Waals surface area contributed by atoms with Crippen molar-refractivity contribution in [3.8, 4) is 0 Å². The Hall–Kier alpha value is -2.23. The second kappa shape index (κ2) is 8.43. The fraction of sp³-hybridized carbons (Fsp3) is 0.294. The number of carbonyl (C=O) groups is 2. The number of rotatable bonds is 7. The van der Waals surface area contributed by atoms with E-state index in [0.717, 1.165) is 29.5 Å². The summed E-state index contributed by atoms with van der Waals surface area (Å²) in [5, 5.41) is 17.7. The van der Waals surface area contributed by atoms with E-state index in [9.17, 15) is 22.8 Å². The molecule has 0 bridgehead atoms. The Labute approximate surface area is 150 Å². The Balaban J connectivity index is 2.05. The molecular weight excluding hydrogens is 373 g/mol. The molecule has 1 atom stereocenters. The first-order chi connectivity index (χ1) is 12.2. The minimum Gasteiger partial charge on any atom is -0.463 e. The second-order valence-electron chi connectivity index (χ2n) is 5.37. The van der Waals surface area contributed by atoms with Gasteiger partial charge in [0.2, 0.25) is 5.78 Å². The van der Waals surface area contributed by atoms with Crippen molar-refractivity contribution in [2.45, 2.75) is 18.7 Å². The van der Waals surface area contributed by atoms with Crippen molar-refractivity contribution in [2.75, 3.05) is 13.2 Å². The van der Waals surface area contributed by atoms with Crippen molar-refractivity contribution in [3.05, 3.63) is 57.3 Å². The SMILES string of the molecule is O=C(Cc1ccc(C(=O)c2cccc(C(F)(F)F)c2)s1)OCC(O)CO. The summed E-state index contributed by atoms with van der Waals surface area (Å²) in [6.45, 7) is -0.890. The van der Waals surface area contributed by atoms with Crippen LogP contribution >= 0.6 is 11.3 Å². The Morgan fingerprint density at radius 3 is 2.58 bits per heavy atom. The Bertz CT molecular complexity index is 785. The Morgan fingerprint density at radius 2 is 1.92 bits per heavy atom. The van der Waals surface area contributed by atoms with Crippen molar-refractivity contribution in [1.82, 2.24) is 0 Å². The van der Waals surface area contributed by atoms with Crippen LogP contribution in [0, 0.1) is 0 Å². The van der Waals surface area contributed by atoms with Crippen molar-refractivity contribution in [3.63, 3.8) is 0 Å². The first kappa shape index (κ1) is 20.1. The number of esters is 1. The molecule has 9 heteroatoms. The van der Waals surface area contributed by atoms with Gasteiger partial charge in [-0.15, -0.1) is 11.3 Å². The van der Waals surface area contributed by atoms with Crippen LogP contribution in [0.2, 0.25) is 0 Å². The average Bonchev–Trinajstić information content (AvgIpc) is 3.06. The van der Waals surface area contributed by atoms with Gasteiger partial charge in [0, 0.05) is 10.4 Å². The second-order valence-corrected chi connectivity index (χ2v) is 6.54. The lowest BCUT2D eigenvalue weighted by Gasteiger charge is -2.08. The molecule has 26 heavy (non-hydrogen) atoms. The summed E-state index contributed by atoms with van der Waals surface area (Å²) in [7, 11) is 0. The summed E-state index contributed by atoms with van der Waals surface area (Å²) in [4.78, 5) is 24.6. The number of thiophene rings is 1. The lowest BCUT2D eigenvalue weighted by atomic mass is 10.1. The van der Waals surface area contributed by atoms with Crippen LogP contribution in [0.4, 0.5) is 13.2 Å². The van der Waals surface area contributed by atoms with Crippen LogP contribution in [-0.2, 0) is 22.1 Å². The molecule has 1 unspecified atom stereocenters. The summed E-state index contributed by atoms with van der Waals surface area (Å²) < 4.78 is 43.0. The first-order valence-corrected chi connectivity index (χ1v) is 8.27. The molecule has 1 aromatic heterocycles. The molecule has 0 saturated carbocycles. The van der Waals surface area contributed by atoms with Crippen LogP contribution in [0.5, 0.6) is 0 Å². The zero-order chi connectivity index (χ0) is 19.3. The number of ketones is 1. The predicted octanol–water partition coefficient (Wildman–Crippen LogP) is 2.44. The van der Waals surface area contributed by atoms with E-state index in [1.54, 1.807) is 0 Å². The highest BCUT2D eigenvalue weighted by Crippen LogP contribution is 2.30. The fourth-order valence-corrected chi connectivity index (χ4v) is 2.96. The highest BCUT2D eigenvalue weighted by molar-refractivity contribution is 7.14. The maximum absolute atomic E-state index is 12.7. The molecule has 5 nitrogen and oxygen atoms in total. The summed E-state index contributed by atoms with van der Waals surface area (Å²) in [5.41, 5.74) is -1.01. The van der Waals surface area contributed by atoms with Gasteiger partial charge >= 0.3 is 12.1 Å². The van der Waals surface area contributed by atoms with Gasteiger partial charge in [-0.1, -0.05) is 12.1 Å². The molecule has 0 amide bonds. The number of alkyl halides is 3. The van der Waals surface area contributed by atoms with Crippen molar-refractivity contribution < 1.29 is 37.7 Å². The highest BCUT2D eigenvalue weighted by Gasteiger charge is 2.31. The van der Waals surface area contributed by atoms with Crippen LogP contribution in [0.1, 0.15) is 25.7 Å². The van der Waals surface area contributed by atoms with Gasteiger partial charge in [-0.25, -0.2) is 0 Å². The molecule has 0 fully saturated rings. The molecule has 0 aliphatic heterocycles. The molecule has 1 aromatic carbocycles. The molecule has 0 radical (unpaired) electrons. The van der Waals surface area contributed by atoms with Crippen LogP contribution in [0.3, 0.4) is 0 Å². The number of aliphatic hydroxyl groups excluding tert-OH is 2. The number of carbonyl (C=O) groups excluding carboxylic acids is 2. The van der Waals surface area contributed by atoms with E-state index >= 15 is 0 Å². The largest absolute Gasteiger partial charge is 0.463 e. The first-order valence-electron chi connectivity index (χ1n) is 7.46. The van der Waals surface area contributed by atoms with E-state index < -0.39 is 36.2 Å². The zero-order valence-corrected chi connectivity index (χ0v) is 14.1. The van der Waals surface area contributed by atoms with Crippen molar-refractivity contribution >= 4 is 23.1 Å². The zero-order valence-electron chi connectivity index (χ0n) is 13.3. The number of aliphatic hydroxyl groups is 2. The summed E-state index contributed by atoms with van der Waals surface area (Å²) in [5.74, 6) is -1.23. The summed E-state index contributed by atoms with van der Waals surface area (Å²) >= 11 is 0.974. The van der Waals surface area contributed by atoms with E-state index in [0.29, 0.717) is 4.88 Å². The van der Waals surface area contributed by atoms with Gasteiger partial charge in [0.05, 0.1) is 23.5 Å². The normalized spacial score (nSPS) is 12.7. The third-order valence-electron chi connectivity index (χ3n) is 3.30. The molecular formula is C17H15F3O5S. The van der Waals surface area contributed by atoms with Gasteiger partial charge in [0.15, 0.2) is 0 Å². The Kier molecular flexibility index (Phi) is 6.52. The Morgan fingerprint density at radius 1 is 1.19 bits per heavy atom. The van der Waals surface area contributed by atoms with Gasteiger partial charge in [0.1, 0.15) is 12.7 Å². The standard InChI is InChI=1S/C17H15F3O5S/c18-17(19,20)11-3-1-2-10(6-11)16(24)14-5-4-13(26-14)7-15(23)25-9-12(22)8-21/h1-6,12,21-22H,7-9H2. The number of hydrogen-bond acceptors (Lipinski definition) is 6. The predicted molar refractivity (Wildman–Crippen MR) is 87.0 cm³/mol. The lowest BCUT2D eigenvalue weighted by Crippen LogP contribution is -2.22. The van der Waals surface area contributed by atoms with Gasteiger partial charge in [0.25, 0.3) is 0 Å². The van der Waals surface area contributed by atoms with E-state index in [1.165, 1.54) is 18.2 Å². The quantitative estimate of drug-likeness (QED) is 0.562. The molecule has 0 aliphatic carbocycles. The summed E-state index contributed by atoms with van der Waals surface area (Å²) in [6.07, 6.45) is -5.86. The monoisotopic (exact) mass is 388 g/mol. The van der Waals surface area contributed by atoms with E-state index in [-0.39, 0.29) is 23.5 Å². The third-order valence-corrected chi connectivity index (χ3v) is 4.39. The van der Waals surface area contributed by atoms with Gasteiger partial charge in [-0.05, 0) is 24.3 Å². The van der Waals surface area contributed by atoms with Crippen LogP contribution in [0.25, 0.3) is 0 Å². The molecule has 2 N–H and O–H groups in total. The van der Waals surface area contributed by atoms with E-state index in [2.05, 4.69) is 0 Å². The van der Waals surface area contributed by atoms with E-state index in [4.69, 9.17) is 14.9 Å². The molecule has 2 aromatic rings. The van der Waals surface area contributed by atoms with Crippen molar-refractivity contribution in [2.24, 2.45) is 0 Å². The minimum atomic E-state index is -4.54. The number of halogens is 3.